The highest BCUT2D eigenvalue weighted by atomic mass is 16.7. The Bertz CT molecular complexity index is 854. The molecule has 1 aromatic carbocycles. The second-order valence-corrected chi connectivity index (χ2v) is 8.09. The van der Waals surface area contributed by atoms with Crippen molar-refractivity contribution in [2.24, 2.45) is 0 Å². The Kier molecular flexibility index (Phi) is 8.38. The number of aliphatic hydroxyl groups excluding tert-OH is 5. The molecule has 0 bridgehead atoms. The Balaban J connectivity index is 1.80. The van der Waals surface area contributed by atoms with E-state index < -0.39 is 78.8 Å². The largest absolute Gasteiger partial charge is 0.463 e. The van der Waals surface area contributed by atoms with E-state index in [2.05, 4.69) is 5.32 Å². The number of ether oxygens (including phenoxy) is 4. The van der Waals surface area contributed by atoms with Gasteiger partial charge < -0.3 is 49.8 Å². The molecular weight excluding hydrogens is 460 g/mol. The molecule has 2 heterocycles. The van der Waals surface area contributed by atoms with Crippen molar-refractivity contribution in [3.63, 3.8) is 0 Å². The van der Waals surface area contributed by atoms with Crippen LogP contribution in [0.15, 0.2) is 24.3 Å². The lowest BCUT2D eigenvalue weighted by Gasteiger charge is -2.46. The maximum atomic E-state index is 11.8. The summed E-state index contributed by atoms with van der Waals surface area (Å²) in [5.41, 5.74) is -0.176. The van der Waals surface area contributed by atoms with Gasteiger partial charge in [0, 0.05) is 19.1 Å². The number of carbonyl (C=O) groups is 1. The zero-order valence-corrected chi connectivity index (χ0v) is 18.3. The molecule has 0 saturated carbocycles. The van der Waals surface area contributed by atoms with Crippen LogP contribution in [0.4, 0.5) is 5.69 Å². The minimum absolute atomic E-state index is 0.131. The van der Waals surface area contributed by atoms with Crippen molar-refractivity contribution >= 4 is 11.6 Å². The fourth-order valence-corrected chi connectivity index (χ4v) is 3.79. The first-order valence-corrected chi connectivity index (χ1v) is 10.5. The number of nitro benzene ring substituents is 1. The van der Waals surface area contributed by atoms with Crippen LogP contribution >= 0.6 is 0 Å². The molecule has 1 aromatic rings. The van der Waals surface area contributed by atoms with Crippen LogP contribution in [0.2, 0.25) is 0 Å². The molecule has 14 heteroatoms. The van der Waals surface area contributed by atoms with Crippen molar-refractivity contribution in [2.75, 3.05) is 6.61 Å². The Morgan fingerprint density at radius 1 is 1.06 bits per heavy atom. The third-order valence-electron chi connectivity index (χ3n) is 5.62. The van der Waals surface area contributed by atoms with Crippen LogP contribution < -0.4 is 10.1 Å². The summed E-state index contributed by atoms with van der Waals surface area (Å²) in [6.07, 6.45) is -12.5. The number of nitrogens with zero attached hydrogens (tertiary/aromatic N) is 1. The molecule has 0 aromatic heterocycles. The third kappa shape index (κ3) is 5.61. The molecule has 0 spiro atoms. The van der Waals surface area contributed by atoms with E-state index in [4.69, 9.17) is 18.9 Å². The highest BCUT2D eigenvalue weighted by molar-refractivity contribution is 5.73. The SMILES string of the molecule is CC(=O)NC1C(Oc2ccc([N+](=O)[O-])cc2)OC(CO)C(OC2OC(C)C(O)C(O)C2O)C1O. The normalized spacial score (nSPS) is 38.2. The first kappa shape index (κ1) is 26.2. The van der Waals surface area contributed by atoms with Crippen LogP contribution in [0.1, 0.15) is 13.8 Å². The van der Waals surface area contributed by atoms with Gasteiger partial charge >= 0.3 is 0 Å². The third-order valence-corrected chi connectivity index (χ3v) is 5.62. The van der Waals surface area contributed by atoms with Gasteiger partial charge in [0.1, 0.15) is 48.4 Å². The first-order chi connectivity index (χ1) is 16.0. The number of carbonyl (C=O) groups excluding carboxylic acids is 1. The number of hydrogen-bond donors (Lipinski definition) is 6. The minimum Gasteiger partial charge on any atom is -0.463 e. The van der Waals surface area contributed by atoms with E-state index >= 15 is 0 Å². The van der Waals surface area contributed by atoms with Crippen LogP contribution in [0.5, 0.6) is 5.75 Å². The standard InChI is InChI=1S/C20H28N2O12/c1-8-14(25)16(27)17(28)20(31-8)34-18-12(7-23)33-19(13(15(18)26)21-9(2)24)32-11-5-3-10(4-6-11)22(29)30/h3-6,8,12-20,23,25-28H,7H2,1-2H3,(H,21,24). The smallest absolute Gasteiger partial charge is 0.269 e. The molecule has 1 amide bonds. The van der Waals surface area contributed by atoms with Crippen molar-refractivity contribution in [2.45, 2.75) is 75.2 Å². The zero-order chi connectivity index (χ0) is 25.2. The molecule has 2 saturated heterocycles. The molecule has 2 aliphatic heterocycles. The Morgan fingerprint density at radius 3 is 2.26 bits per heavy atom. The summed E-state index contributed by atoms with van der Waals surface area (Å²) >= 11 is 0. The van der Waals surface area contributed by atoms with E-state index in [0.29, 0.717) is 0 Å². The maximum Gasteiger partial charge on any atom is 0.269 e. The second-order valence-electron chi connectivity index (χ2n) is 8.09. The first-order valence-electron chi connectivity index (χ1n) is 10.5. The quantitative estimate of drug-likeness (QED) is 0.178. The average Bonchev–Trinajstić information content (AvgIpc) is 2.79. The summed E-state index contributed by atoms with van der Waals surface area (Å²) < 4.78 is 22.4. The number of amides is 1. The van der Waals surface area contributed by atoms with Crippen LogP contribution in [-0.4, -0.2) is 104 Å². The van der Waals surface area contributed by atoms with Crippen molar-refractivity contribution in [3.8, 4) is 5.75 Å². The molecule has 10 unspecified atom stereocenters. The number of non-ortho nitro benzene ring substituents is 1. The lowest BCUT2D eigenvalue weighted by atomic mass is 9.95. The summed E-state index contributed by atoms with van der Waals surface area (Å²) in [4.78, 5) is 22.0. The Hall–Kier alpha value is -2.43. The fourth-order valence-electron chi connectivity index (χ4n) is 3.79. The summed E-state index contributed by atoms with van der Waals surface area (Å²) in [5.74, 6) is -0.418. The monoisotopic (exact) mass is 488 g/mol. The Morgan fingerprint density at radius 2 is 1.71 bits per heavy atom. The van der Waals surface area contributed by atoms with Gasteiger partial charge in [-0.1, -0.05) is 0 Å². The zero-order valence-electron chi connectivity index (χ0n) is 18.3. The highest BCUT2D eigenvalue weighted by Crippen LogP contribution is 2.30. The van der Waals surface area contributed by atoms with Crippen LogP contribution in [0, 0.1) is 10.1 Å². The van der Waals surface area contributed by atoms with E-state index in [9.17, 15) is 40.4 Å². The summed E-state index contributed by atoms with van der Waals surface area (Å²) in [6, 6.07) is 3.76. The van der Waals surface area contributed by atoms with Crippen molar-refractivity contribution in [3.05, 3.63) is 34.4 Å². The molecular formula is C20H28N2O12. The molecule has 0 radical (unpaired) electrons. The molecule has 10 atom stereocenters. The van der Waals surface area contributed by atoms with Crippen molar-refractivity contribution < 1.29 is 54.2 Å². The molecule has 2 aliphatic rings. The van der Waals surface area contributed by atoms with Crippen LogP contribution in [0.3, 0.4) is 0 Å². The molecule has 2 fully saturated rings. The summed E-state index contributed by atoms with van der Waals surface area (Å²) in [5, 5.41) is 64.3. The van der Waals surface area contributed by atoms with E-state index in [-0.39, 0.29) is 11.4 Å². The van der Waals surface area contributed by atoms with Gasteiger partial charge in [0.25, 0.3) is 5.69 Å². The number of nitrogens with one attached hydrogen (secondary N) is 1. The average molecular weight is 488 g/mol. The van der Waals surface area contributed by atoms with E-state index in [1.165, 1.54) is 38.1 Å². The van der Waals surface area contributed by atoms with Crippen molar-refractivity contribution in [1.82, 2.24) is 5.32 Å². The van der Waals surface area contributed by atoms with Gasteiger partial charge in [0.05, 0.1) is 17.6 Å². The summed E-state index contributed by atoms with van der Waals surface area (Å²) in [6.45, 7) is 1.97. The lowest BCUT2D eigenvalue weighted by Crippen LogP contribution is -2.67. The van der Waals surface area contributed by atoms with Crippen LogP contribution in [-0.2, 0) is 19.0 Å². The number of aliphatic hydroxyl groups is 5. The van der Waals surface area contributed by atoms with Gasteiger partial charge in [-0.2, -0.15) is 0 Å². The molecule has 34 heavy (non-hydrogen) atoms. The second kappa shape index (κ2) is 10.9. The van der Waals surface area contributed by atoms with Gasteiger partial charge in [-0.05, 0) is 19.1 Å². The van der Waals surface area contributed by atoms with Gasteiger partial charge in [-0.15, -0.1) is 0 Å². The predicted octanol–water partition coefficient (Wildman–Crippen LogP) is -2.23. The molecule has 3 rings (SSSR count). The molecule has 0 aliphatic carbocycles. The minimum atomic E-state index is -1.67. The molecule has 190 valence electrons. The molecule has 14 nitrogen and oxygen atoms in total. The van der Waals surface area contributed by atoms with E-state index in [0.717, 1.165) is 0 Å². The van der Waals surface area contributed by atoms with Gasteiger partial charge in [-0.25, -0.2) is 0 Å². The topological polar surface area (TPSA) is 210 Å². The summed E-state index contributed by atoms with van der Waals surface area (Å²) in [7, 11) is 0. The lowest BCUT2D eigenvalue weighted by molar-refractivity contribution is -0.384. The highest BCUT2D eigenvalue weighted by Gasteiger charge is 2.51. The van der Waals surface area contributed by atoms with E-state index in [1.54, 1.807) is 0 Å². The van der Waals surface area contributed by atoms with Crippen molar-refractivity contribution in [1.29, 1.82) is 0 Å². The fraction of sp³-hybridized carbons (Fsp3) is 0.650. The number of hydrogen-bond acceptors (Lipinski definition) is 12. The van der Waals surface area contributed by atoms with E-state index in [1.807, 2.05) is 0 Å². The maximum absolute atomic E-state index is 11.8. The number of benzene rings is 1. The van der Waals surface area contributed by atoms with Gasteiger partial charge in [0.2, 0.25) is 12.2 Å². The Labute approximate surface area is 193 Å². The van der Waals surface area contributed by atoms with Crippen LogP contribution in [0.25, 0.3) is 0 Å². The number of nitro groups is 1. The number of rotatable bonds is 7. The van der Waals surface area contributed by atoms with Gasteiger partial charge in [0.15, 0.2) is 6.29 Å². The molecule has 6 N–H and O–H groups in total. The van der Waals surface area contributed by atoms with Gasteiger partial charge in [-0.3, -0.25) is 14.9 Å². The predicted molar refractivity (Wildman–Crippen MR) is 110 cm³/mol.